The van der Waals surface area contributed by atoms with E-state index in [1.807, 2.05) is 6.08 Å². The van der Waals surface area contributed by atoms with Crippen molar-refractivity contribution >= 4 is 29.1 Å². The van der Waals surface area contributed by atoms with Crippen LogP contribution in [0.5, 0.6) is 0 Å². The molecule has 4 nitrogen and oxygen atoms in total. The predicted molar refractivity (Wildman–Crippen MR) is 121 cm³/mol. The van der Waals surface area contributed by atoms with Gasteiger partial charge in [-0.1, -0.05) is 44.9 Å². The van der Waals surface area contributed by atoms with Crippen molar-refractivity contribution in [3.63, 3.8) is 0 Å². The Hall–Kier alpha value is -1.42. The molecule has 0 heterocycles. The SMILES string of the molecule is CCC(=O)OC[C@H]1C[C@H]2[C@@H]3C[C@H](C)C4=CC(=O)CC[C@]4(C)C3=CC[C@]2(C)[C@H]1C(=O)CCl. The highest BCUT2D eigenvalue weighted by molar-refractivity contribution is 6.28. The Kier molecular flexibility index (Phi) is 6.00. The molecule has 170 valence electrons. The van der Waals surface area contributed by atoms with Crippen molar-refractivity contribution in [1.29, 1.82) is 0 Å². The third-order valence-electron chi connectivity index (χ3n) is 9.06. The van der Waals surface area contributed by atoms with Gasteiger partial charge in [-0.25, -0.2) is 0 Å². The van der Waals surface area contributed by atoms with E-state index in [1.54, 1.807) is 6.92 Å². The van der Waals surface area contributed by atoms with Gasteiger partial charge in [-0.3, -0.25) is 14.4 Å². The molecule has 0 saturated heterocycles. The molecule has 0 unspecified atom stereocenters. The number of carbonyl (C=O) groups excluding carboxylic acids is 3. The number of fused-ring (bicyclic) bond motifs is 5. The Labute approximate surface area is 190 Å². The van der Waals surface area contributed by atoms with Crippen molar-refractivity contribution in [3.05, 3.63) is 23.3 Å². The number of Topliss-reactive ketones (excluding diaryl/α,β-unsaturated/α-hetero) is 1. The molecule has 7 atom stereocenters. The smallest absolute Gasteiger partial charge is 0.305 e. The Balaban J connectivity index is 1.70. The van der Waals surface area contributed by atoms with Crippen molar-refractivity contribution < 1.29 is 19.1 Å². The lowest BCUT2D eigenvalue weighted by atomic mass is 9.49. The molecule has 0 bridgehead atoms. The van der Waals surface area contributed by atoms with Gasteiger partial charge in [0.1, 0.15) is 0 Å². The van der Waals surface area contributed by atoms with E-state index >= 15 is 0 Å². The van der Waals surface area contributed by atoms with Gasteiger partial charge in [0, 0.05) is 30.1 Å². The lowest BCUT2D eigenvalue weighted by Gasteiger charge is -2.55. The molecule has 0 spiro atoms. The first kappa shape index (κ1) is 22.8. The maximum atomic E-state index is 13.0. The number of allylic oxidation sites excluding steroid dienone is 4. The van der Waals surface area contributed by atoms with Crippen molar-refractivity contribution in [2.75, 3.05) is 12.5 Å². The van der Waals surface area contributed by atoms with E-state index in [0.29, 0.717) is 37.2 Å². The average Bonchev–Trinajstić information content (AvgIpc) is 3.05. The molecule has 4 rings (SSSR count). The number of hydrogen-bond acceptors (Lipinski definition) is 4. The summed E-state index contributed by atoms with van der Waals surface area (Å²) in [5.74, 6) is 1.12. The van der Waals surface area contributed by atoms with E-state index in [-0.39, 0.29) is 46.1 Å². The van der Waals surface area contributed by atoms with Gasteiger partial charge in [-0.2, -0.15) is 0 Å². The third kappa shape index (κ3) is 3.53. The first-order chi connectivity index (χ1) is 14.7. The van der Waals surface area contributed by atoms with Gasteiger partial charge >= 0.3 is 5.97 Å². The summed E-state index contributed by atoms with van der Waals surface area (Å²) in [6.07, 6.45) is 8.91. The number of ether oxygens (including phenoxy) is 1. The van der Waals surface area contributed by atoms with E-state index in [2.05, 4.69) is 26.8 Å². The van der Waals surface area contributed by atoms with Crippen molar-refractivity contribution in [1.82, 2.24) is 0 Å². The largest absolute Gasteiger partial charge is 0.465 e. The molecule has 0 amide bonds. The van der Waals surface area contributed by atoms with Crippen molar-refractivity contribution in [3.8, 4) is 0 Å². The molecule has 2 saturated carbocycles. The molecule has 4 aliphatic rings. The molecule has 2 fully saturated rings. The van der Waals surface area contributed by atoms with Crippen LogP contribution in [0.3, 0.4) is 0 Å². The first-order valence-corrected chi connectivity index (χ1v) is 12.4. The number of esters is 1. The maximum absolute atomic E-state index is 13.0. The Bertz CT molecular complexity index is 857. The van der Waals surface area contributed by atoms with E-state index in [1.165, 1.54) is 11.1 Å². The molecular weight excluding hydrogens is 412 g/mol. The van der Waals surface area contributed by atoms with E-state index in [4.69, 9.17) is 16.3 Å². The Morgan fingerprint density at radius 2 is 1.97 bits per heavy atom. The molecule has 0 aromatic rings. The molecular formula is C26H35ClO4. The van der Waals surface area contributed by atoms with E-state index in [9.17, 15) is 14.4 Å². The zero-order valence-corrected chi connectivity index (χ0v) is 20.0. The lowest BCUT2D eigenvalue weighted by molar-refractivity contribution is -0.146. The van der Waals surface area contributed by atoms with Gasteiger partial charge in [-0.15, -0.1) is 11.6 Å². The monoisotopic (exact) mass is 446 g/mol. The molecule has 31 heavy (non-hydrogen) atoms. The Morgan fingerprint density at radius 1 is 1.23 bits per heavy atom. The second-order valence-electron chi connectivity index (χ2n) is 10.7. The van der Waals surface area contributed by atoms with Crippen LogP contribution in [0.1, 0.15) is 66.2 Å². The van der Waals surface area contributed by atoms with Crippen LogP contribution in [0.25, 0.3) is 0 Å². The summed E-state index contributed by atoms with van der Waals surface area (Å²) >= 11 is 6.06. The van der Waals surface area contributed by atoms with E-state index < -0.39 is 0 Å². The Morgan fingerprint density at radius 3 is 2.65 bits per heavy atom. The van der Waals surface area contributed by atoms with Gasteiger partial charge in [0.25, 0.3) is 0 Å². The predicted octanol–water partition coefficient (Wildman–Crippen LogP) is 5.29. The van der Waals surface area contributed by atoms with Gasteiger partial charge in [-0.05, 0) is 54.9 Å². The van der Waals surface area contributed by atoms with Crippen molar-refractivity contribution in [2.24, 2.45) is 40.4 Å². The minimum absolute atomic E-state index is 0.00948. The fourth-order valence-corrected chi connectivity index (χ4v) is 7.80. The summed E-state index contributed by atoms with van der Waals surface area (Å²) in [6.45, 7) is 8.92. The lowest BCUT2D eigenvalue weighted by Crippen LogP contribution is -2.47. The topological polar surface area (TPSA) is 60.4 Å². The highest BCUT2D eigenvalue weighted by Gasteiger charge is 2.61. The first-order valence-electron chi connectivity index (χ1n) is 11.9. The number of hydrogen-bond donors (Lipinski definition) is 0. The van der Waals surface area contributed by atoms with Crippen LogP contribution < -0.4 is 0 Å². The highest BCUT2D eigenvalue weighted by Crippen LogP contribution is 2.66. The summed E-state index contributed by atoms with van der Waals surface area (Å²) in [4.78, 5) is 37.0. The standard InChI is InChI=1S/C26H35ClO4/c1-5-23(30)31-14-16-11-21-18-10-15(2)20-12-17(28)6-8-25(20,3)19(18)7-9-26(21,4)24(16)22(29)13-27/h7,12,15-16,18,21,24H,5-6,8-11,13-14H2,1-4H3/t15-,16+,18+,21-,24+,25+,26-/m0/s1. The fraction of sp³-hybridized carbons (Fsp3) is 0.731. The summed E-state index contributed by atoms with van der Waals surface area (Å²) in [5.41, 5.74) is 2.58. The summed E-state index contributed by atoms with van der Waals surface area (Å²) < 4.78 is 5.53. The van der Waals surface area contributed by atoms with Gasteiger partial charge in [0.05, 0.1) is 12.5 Å². The summed E-state index contributed by atoms with van der Waals surface area (Å²) in [5, 5.41) is 0. The molecule has 0 radical (unpaired) electrons. The van der Waals surface area contributed by atoms with Crippen LogP contribution in [0.15, 0.2) is 23.3 Å². The van der Waals surface area contributed by atoms with Crippen LogP contribution in [-0.2, 0) is 19.1 Å². The summed E-state index contributed by atoms with van der Waals surface area (Å²) in [7, 11) is 0. The third-order valence-corrected chi connectivity index (χ3v) is 9.32. The zero-order valence-electron chi connectivity index (χ0n) is 19.2. The number of ketones is 2. The molecule has 0 aliphatic heterocycles. The minimum atomic E-state index is -0.212. The number of rotatable bonds is 5. The number of alkyl halides is 1. The van der Waals surface area contributed by atoms with E-state index in [0.717, 1.165) is 25.7 Å². The molecule has 5 heteroatoms. The molecule has 0 aromatic heterocycles. The van der Waals surface area contributed by atoms with Crippen LogP contribution >= 0.6 is 11.6 Å². The fourth-order valence-electron chi connectivity index (χ4n) is 7.63. The number of halogens is 1. The second-order valence-corrected chi connectivity index (χ2v) is 11.0. The zero-order chi connectivity index (χ0) is 22.6. The van der Waals surface area contributed by atoms with Crippen LogP contribution in [0.2, 0.25) is 0 Å². The second kappa shape index (κ2) is 8.17. The molecule has 4 aliphatic carbocycles. The van der Waals surface area contributed by atoms with Gasteiger partial charge < -0.3 is 4.74 Å². The van der Waals surface area contributed by atoms with Crippen LogP contribution in [-0.4, -0.2) is 30.0 Å². The van der Waals surface area contributed by atoms with Crippen LogP contribution in [0, 0.1) is 40.4 Å². The average molecular weight is 447 g/mol. The van der Waals surface area contributed by atoms with Crippen LogP contribution in [0.4, 0.5) is 0 Å². The summed E-state index contributed by atoms with van der Waals surface area (Å²) in [6, 6.07) is 0. The number of carbonyl (C=O) groups is 3. The van der Waals surface area contributed by atoms with Gasteiger partial charge in [0.2, 0.25) is 0 Å². The molecule has 0 aromatic carbocycles. The molecule has 0 N–H and O–H groups in total. The maximum Gasteiger partial charge on any atom is 0.305 e. The quantitative estimate of drug-likeness (QED) is 0.327. The highest BCUT2D eigenvalue weighted by atomic mass is 35.5. The minimum Gasteiger partial charge on any atom is -0.465 e. The normalized spacial score (nSPS) is 41.5. The van der Waals surface area contributed by atoms with Gasteiger partial charge in [0.15, 0.2) is 11.6 Å². The van der Waals surface area contributed by atoms with Crippen molar-refractivity contribution in [2.45, 2.75) is 66.2 Å².